The van der Waals surface area contributed by atoms with Crippen LogP contribution in [-0.2, 0) is 0 Å². The molecule has 0 spiro atoms. The second-order valence-corrected chi connectivity index (χ2v) is 4.42. The molecule has 0 unspecified atom stereocenters. The standard InChI is InChI=1S/C13H12BrNO2/c1-9-3-4-12(11(14)7-9)17-10-5-6-15-13(8-10)16-2/h3-8H,1-2H3. The summed E-state index contributed by atoms with van der Waals surface area (Å²) in [4.78, 5) is 4.02. The van der Waals surface area contributed by atoms with Crippen LogP contribution in [0, 0.1) is 6.92 Å². The minimum absolute atomic E-state index is 0.533. The lowest BCUT2D eigenvalue weighted by Crippen LogP contribution is -1.90. The topological polar surface area (TPSA) is 31.4 Å². The molecule has 0 aliphatic rings. The van der Waals surface area contributed by atoms with E-state index in [1.807, 2.05) is 25.1 Å². The third kappa shape index (κ3) is 2.97. The van der Waals surface area contributed by atoms with Crippen LogP contribution < -0.4 is 9.47 Å². The fourth-order valence-corrected chi connectivity index (χ4v) is 1.96. The highest BCUT2D eigenvalue weighted by molar-refractivity contribution is 9.10. The maximum absolute atomic E-state index is 5.74. The molecular formula is C13H12BrNO2. The van der Waals surface area contributed by atoms with Crippen LogP contribution in [0.15, 0.2) is 41.0 Å². The van der Waals surface area contributed by atoms with Gasteiger partial charge < -0.3 is 9.47 Å². The van der Waals surface area contributed by atoms with Gasteiger partial charge in [0.25, 0.3) is 0 Å². The fraction of sp³-hybridized carbons (Fsp3) is 0.154. The molecule has 0 N–H and O–H groups in total. The van der Waals surface area contributed by atoms with E-state index in [1.165, 1.54) is 5.56 Å². The maximum Gasteiger partial charge on any atom is 0.216 e. The second-order valence-electron chi connectivity index (χ2n) is 3.57. The van der Waals surface area contributed by atoms with Crippen molar-refractivity contribution in [1.29, 1.82) is 0 Å². The van der Waals surface area contributed by atoms with Gasteiger partial charge in [-0.2, -0.15) is 0 Å². The molecule has 1 heterocycles. The largest absolute Gasteiger partial charge is 0.481 e. The van der Waals surface area contributed by atoms with Gasteiger partial charge in [-0.15, -0.1) is 0 Å². The molecule has 0 fully saturated rings. The number of methoxy groups -OCH3 is 1. The van der Waals surface area contributed by atoms with E-state index in [0.717, 1.165) is 10.2 Å². The Bertz CT molecular complexity index is 529. The van der Waals surface area contributed by atoms with Gasteiger partial charge in [0, 0.05) is 12.3 Å². The van der Waals surface area contributed by atoms with Gasteiger partial charge in [0.1, 0.15) is 11.5 Å². The molecule has 0 aliphatic heterocycles. The number of rotatable bonds is 3. The molecule has 17 heavy (non-hydrogen) atoms. The minimum atomic E-state index is 0.533. The Morgan fingerprint density at radius 3 is 2.71 bits per heavy atom. The lowest BCUT2D eigenvalue weighted by atomic mass is 10.2. The van der Waals surface area contributed by atoms with Crippen LogP contribution in [0.4, 0.5) is 0 Å². The first kappa shape index (κ1) is 11.9. The highest BCUT2D eigenvalue weighted by Gasteiger charge is 2.04. The van der Waals surface area contributed by atoms with Crippen LogP contribution in [-0.4, -0.2) is 12.1 Å². The molecule has 0 aliphatic carbocycles. The normalized spacial score (nSPS) is 10.1. The monoisotopic (exact) mass is 293 g/mol. The molecular weight excluding hydrogens is 282 g/mol. The van der Waals surface area contributed by atoms with E-state index in [9.17, 15) is 0 Å². The average molecular weight is 294 g/mol. The molecule has 0 bridgehead atoms. The predicted molar refractivity (Wildman–Crippen MR) is 69.7 cm³/mol. The van der Waals surface area contributed by atoms with Crippen molar-refractivity contribution < 1.29 is 9.47 Å². The van der Waals surface area contributed by atoms with Gasteiger partial charge in [-0.1, -0.05) is 6.07 Å². The lowest BCUT2D eigenvalue weighted by Gasteiger charge is -2.08. The van der Waals surface area contributed by atoms with Crippen molar-refractivity contribution in [2.24, 2.45) is 0 Å². The molecule has 2 aromatic rings. The van der Waals surface area contributed by atoms with Crippen LogP contribution in [0.3, 0.4) is 0 Å². The first-order chi connectivity index (χ1) is 8.19. The number of nitrogens with zero attached hydrogens (tertiary/aromatic N) is 1. The zero-order chi connectivity index (χ0) is 12.3. The van der Waals surface area contributed by atoms with E-state index < -0.39 is 0 Å². The van der Waals surface area contributed by atoms with E-state index in [1.54, 1.807) is 25.4 Å². The highest BCUT2D eigenvalue weighted by atomic mass is 79.9. The lowest BCUT2D eigenvalue weighted by molar-refractivity contribution is 0.392. The summed E-state index contributed by atoms with van der Waals surface area (Å²) in [6.45, 7) is 2.03. The average Bonchev–Trinajstić information content (AvgIpc) is 2.33. The molecule has 0 atom stereocenters. The third-order valence-corrected chi connectivity index (χ3v) is 2.85. The Morgan fingerprint density at radius 1 is 1.18 bits per heavy atom. The summed E-state index contributed by atoms with van der Waals surface area (Å²) in [5.41, 5.74) is 1.18. The van der Waals surface area contributed by atoms with Gasteiger partial charge in [-0.05, 0) is 46.6 Å². The van der Waals surface area contributed by atoms with E-state index in [-0.39, 0.29) is 0 Å². The molecule has 4 heteroatoms. The number of aromatic nitrogens is 1. The zero-order valence-corrected chi connectivity index (χ0v) is 11.2. The molecule has 3 nitrogen and oxygen atoms in total. The Kier molecular flexibility index (Phi) is 3.64. The van der Waals surface area contributed by atoms with Crippen molar-refractivity contribution in [3.8, 4) is 17.4 Å². The van der Waals surface area contributed by atoms with Crippen LogP contribution in [0.25, 0.3) is 0 Å². The third-order valence-electron chi connectivity index (χ3n) is 2.23. The molecule has 0 saturated heterocycles. The quantitative estimate of drug-likeness (QED) is 0.858. The summed E-state index contributed by atoms with van der Waals surface area (Å²) >= 11 is 3.47. The number of benzene rings is 1. The van der Waals surface area contributed by atoms with Crippen molar-refractivity contribution in [3.63, 3.8) is 0 Å². The smallest absolute Gasteiger partial charge is 0.216 e. The molecule has 0 radical (unpaired) electrons. The van der Waals surface area contributed by atoms with Gasteiger partial charge in [0.2, 0.25) is 5.88 Å². The van der Waals surface area contributed by atoms with E-state index in [4.69, 9.17) is 9.47 Å². The van der Waals surface area contributed by atoms with Gasteiger partial charge in [-0.25, -0.2) is 4.98 Å². The molecule has 88 valence electrons. The van der Waals surface area contributed by atoms with Crippen molar-refractivity contribution >= 4 is 15.9 Å². The van der Waals surface area contributed by atoms with Crippen LogP contribution in [0.5, 0.6) is 17.4 Å². The molecule has 1 aromatic carbocycles. The summed E-state index contributed by atoms with van der Waals surface area (Å²) in [5.74, 6) is 2.00. The summed E-state index contributed by atoms with van der Waals surface area (Å²) < 4.78 is 11.7. The van der Waals surface area contributed by atoms with Crippen molar-refractivity contribution in [2.45, 2.75) is 6.92 Å². The van der Waals surface area contributed by atoms with Crippen molar-refractivity contribution in [3.05, 3.63) is 46.6 Å². The number of ether oxygens (including phenoxy) is 2. The maximum atomic E-state index is 5.74. The molecule has 2 rings (SSSR count). The zero-order valence-electron chi connectivity index (χ0n) is 9.61. The van der Waals surface area contributed by atoms with Gasteiger partial charge in [0.05, 0.1) is 11.6 Å². The number of aryl methyl sites for hydroxylation is 1. The first-order valence-corrected chi connectivity index (χ1v) is 5.92. The molecule has 0 amide bonds. The Hall–Kier alpha value is -1.55. The molecule has 0 saturated carbocycles. The number of halogens is 1. The van der Waals surface area contributed by atoms with Gasteiger partial charge in [0.15, 0.2) is 0 Å². The van der Waals surface area contributed by atoms with E-state index in [2.05, 4.69) is 20.9 Å². The number of pyridine rings is 1. The van der Waals surface area contributed by atoms with Crippen molar-refractivity contribution in [1.82, 2.24) is 4.98 Å². The summed E-state index contributed by atoms with van der Waals surface area (Å²) in [5, 5.41) is 0. The summed E-state index contributed by atoms with van der Waals surface area (Å²) in [6.07, 6.45) is 1.65. The van der Waals surface area contributed by atoms with Gasteiger partial charge in [-0.3, -0.25) is 0 Å². The van der Waals surface area contributed by atoms with Crippen LogP contribution in [0.2, 0.25) is 0 Å². The SMILES string of the molecule is COc1cc(Oc2ccc(C)cc2Br)ccn1. The summed E-state index contributed by atoms with van der Waals surface area (Å²) in [7, 11) is 1.58. The number of hydrogen-bond donors (Lipinski definition) is 0. The second kappa shape index (κ2) is 5.19. The van der Waals surface area contributed by atoms with Crippen LogP contribution in [0.1, 0.15) is 5.56 Å². The molecule has 1 aromatic heterocycles. The number of hydrogen-bond acceptors (Lipinski definition) is 3. The Labute approximate surface area is 109 Å². The first-order valence-electron chi connectivity index (χ1n) is 5.13. The fourth-order valence-electron chi connectivity index (χ4n) is 1.38. The van der Waals surface area contributed by atoms with Crippen molar-refractivity contribution in [2.75, 3.05) is 7.11 Å². The van der Waals surface area contributed by atoms with Crippen LogP contribution >= 0.6 is 15.9 Å². The van der Waals surface area contributed by atoms with E-state index in [0.29, 0.717) is 11.6 Å². The van der Waals surface area contributed by atoms with E-state index >= 15 is 0 Å². The predicted octanol–water partition coefficient (Wildman–Crippen LogP) is 3.95. The highest BCUT2D eigenvalue weighted by Crippen LogP contribution is 2.31. The Balaban J connectivity index is 2.25. The van der Waals surface area contributed by atoms with Gasteiger partial charge >= 0.3 is 0 Å². The summed E-state index contributed by atoms with van der Waals surface area (Å²) in [6, 6.07) is 9.46. The minimum Gasteiger partial charge on any atom is -0.481 e. The Morgan fingerprint density at radius 2 is 2.00 bits per heavy atom.